The third-order valence-electron chi connectivity index (χ3n) is 9.01. The number of hydrogen-bond donors (Lipinski definition) is 1. The third-order valence-corrected chi connectivity index (χ3v) is 9.01. The molecule has 1 aromatic carbocycles. The van der Waals surface area contributed by atoms with E-state index in [1.165, 1.54) is 9.58 Å². The first-order chi connectivity index (χ1) is 19.8. The molecule has 0 aliphatic carbocycles. The maximum atomic E-state index is 15.9. The zero-order valence-corrected chi connectivity index (χ0v) is 24.7. The van der Waals surface area contributed by atoms with Crippen LogP contribution >= 0.6 is 0 Å². The van der Waals surface area contributed by atoms with E-state index in [9.17, 15) is 23.2 Å². The molecule has 3 aliphatic heterocycles. The van der Waals surface area contributed by atoms with E-state index in [4.69, 9.17) is 4.74 Å². The maximum Gasteiger partial charge on any atom is 0.410 e. The molecule has 12 heteroatoms. The number of halogens is 3. The Morgan fingerprint density at radius 3 is 2.38 bits per heavy atom. The van der Waals surface area contributed by atoms with Crippen LogP contribution in [-0.2, 0) is 21.4 Å². The molecule has 5 rings (SSSR count). The standard InChI is InChI=1S/C30H40F3N5O4/c1-29(2,3)42-28(41)38-15-11-30(12-16-38,27(32)33)17-37-13-9-18(10-14-37)19-5-6-20-24(35-36(4)25(20)23(19)31)21-7-8-22(39)34-26(21)40/h5-6,18,21,27H,7-17H2,1-4H3,(H,34,39,40). The van der Waals surface area contributed by atoms with E-state index in [2.05, 4.69) is 10.4 Å². The van der Waals surface area contributed by atoms with Gasteiger partial charge in [0.05, 0.1) is 11.6 Å². The predicted molar refractivity (Wildman–Crippen MR) is 150 cm³/mol. The number of fused-ring (bicyclic) bond motifs is 1. The lowest BCUT2D eigenvalue weighted by atomic mass is 9.77. The zero-order valence-electron chi connectivity index (χ0n) is 24.7. The van der Waals surface area contributed by atoms with Gasteiger partial charge in [0.1, 0.15) is 11.1 Å². The van der Waals surface area contributed by atoms with Crippen molar-refractivity contribution in [1.29, 1.82) is 0 Å². The average molecular weight is 592 g/mol. The number of hydrogen-bond acceptors (Lipinski definition) is 6. The lowest BCUT2D eigenvalue weighted by Gasteiger charge is -2.45. The first-order valence-corrected chi connectivity index (χ1v) is 14.7. The second-order valence-electron chi connectivity index (χ2n) is 13.1. The highest BCUT2D eigenvalue weighted by Crippen LogP contribution is 2.41. The highest BCUT2D eigenvalue weighted by molar-refractivity contribution is 6.02. The molecule has 3 amide bonds. The lowest BCUT2D eigenvalue weighted by molar-refractivity contribution is -0.134. The molecule has 3 saturated heterocycles. The van der Waals surface area contributed by atoms with Gasteiger partial charge in [-0.1, -0.05) is 12.1 Å². The summed E-state index contributed by atoms with van der Waals surface area (Å²) in [5, 5.41) is 7.36. The average Bonchev–Trinajstić information content (AvgIpc) is 3.25. The van der Waals surface area contributed by atoms with Gasteiger partial charge in [-0.15, -0.1) is 0 Å². The Balaban J connectivity index is 1.24. The Hall–Kier alpha value is -3.15. The molecule has 4 heterocycles. The van der Waals surface area contributed by atoms with Gasteiger partial charge < -0.3 is 14.5 Å². The van der Waals surface area contributed by atoms with Crippen molar-refractivity contribution in [3.8, 4) is 0 Å². The number of ether oxygens (including phenoxy) is 1. The molecule has 230 valence electrons. The number of nitrogens with zero attached hydrogens (tertiary/aromatic N) is 4. The predicted octanol–water partition coefficient (Wildman–Crippen LogP) is 4.69. The number of carbonyl (C=O) groups excluding carboxylic acids is 3. The maximum absolute atomic E-state index is 15.9. The monoisotopic (exact) mass is 591 g/mol. The van der Waals surface area contributed by atoms with Crippen LogP contribution in [0.3, 0.4) is 0 Å². The molecule has 3 aliphatic rings. The fourth-order valence-electron chi connectivity index (χ4n) is 6.65. The van der Waals surface area contributed by atoms with E-state index < -0.39 is 35.4 Å². The summed E-state index contributed by atoms with van der Waals surface area (Å²) in [6.45, 7) is 7.17. The molecule has 9 nitrogen and oxygen atoms in total. The van der Waals surface area contributed by atoms with Crippen LogP contribution in [-0.4, -0.2) is 82.2 Å². The number of benzene rings is 1. The number of aryl methyl sites for hydroxylation is 1. The minimum absolute atomic E-state index is 0.0730. The molecule has 0 saturated carbocycles. The van der Waals surface area contributed by atoms with Crippen molar-refractivity contribution >= 4 is 28.8 Å². The van der Waals surface area contributed by atoms with E-state index in [1.807, 2.05) is 4.90 Å². The number of likely N-dealkylation sites (tertiary alicyclic amines) is 2. The minimum atomic E-state index is -2.51. The Labute approximate surface area is 243 Å². The summed E-state index contributed by atoms with van der Waals surface area (Å²) >= 11 is 0. The summed E-state index contributed by atoms with van der Waals surface area (Å²) in [5.41, 5.74) is -0.489. The molecule has 0 radical (unpaired) electrons. The molecule has 42 heavy (non-hydrogen) atoms. The largest absolute Gasteiger partial charge is 0.444 e. The first-order valence-electron chi connectivity index (χ1n) is 14.7. The van der Waals surface area contributed by atoms with E-state index in [0.717, 1.165) is 0 Å². The van der Waals surface area contributed by atoms with E-state index in [1.54, 1.807) is 40.0 Å². The smallest absolute Gasteiger partial charge is 0.410 e. The Bertz CT molecular complexity index is 1350. The molecule has 1 N–H and O–H groups in total. The first kappa shape index (κ1) is 30.3. The third kappa shape index (κ3) is 6.00. The van der Waals surface area contributed by atoms with Gasteiger partial charge in [-0.2, -0.15) is 5.10 Å². The lowest BCUT2D eigenvalue weighted by Crippen LogP contribution is -2.52. The Morgan fingerprint density at radius 2 is 1.79 bits per heavy atom. The summed E-state index contributed by atoms with van der Waals surface area (Å²) in [5.74, 6) is -1.80. The zero-order chi connectivity index (χ0) is 30.4. The molecule has 1 aromatic heterocycles. The molecule has 1 atom stereocenters. The highest BCUT2D eigenvalue weighted by Gasteiger charge is 2.45. The Morgan fingerprint density at radius 1 is 1.12 bits per heavy atom. The van der Waals surface area contributed by atoms with Crippen LogP contribution in [0.25, 0.3) is 10.9 Å². The van der Waals surface area contributed by atoms with Crippen LogP contribution in [0, 0.1) is 11.2 Å². The fourth-order valence-corrected chi connectivity index (χ4v) is 6.65. The molecule has 3 fully saturated rings. The number of aromatic nitrogens is 2. The molecule has 2 aromatic rings. The summed E-state index contributed by atoms with van der Waals surface area (Å²) in [7, 11) is 1.64. The van der Waals surface area contributed by atoms with E-state index in [0.29, 0.717) is 54.5 Å². The molecular formula is C30H40F3N5O4. The number of amides is 3. The van der Waals surface area contributed by atoms with Gasteiger partial charge in [0.15, 0.2) is 5.82 Å². The number of imide groups is 1. The SMILES string of the molecule is Cn1nc(C2CCC(=O)NC2=O)c2ccc(C3CCN(CC4(C(F)F)CCN(C(=O)OC(C)(C)C)CC4)CC3)c(F)c21. The van der Waals surface area contributed by atoms with Crippen LogP contribution in [0.1, 0.15) is 82.4 Å². The van der Waals surface area contributed by atoms with Crippen molar-refractivity contribution in [1.82, 2.24) is 24.9 Å². The summed E-state index contributed by atoms with van der Waals surface area (Å²) < 4.78 is 51.7. The highest BCUT2D eigenvalue weighted by atomic mass is 19.3. The topological polar surface area (TPSA) is 96.8 Å². The summed E-state index contributed by atoms with van der Waals surface area (Å²) in [6, 6.07) is 3.55. The van der Waals surface area contributed by atoms with Crippen molar-refractivity contribution in [2.45, 2.75) is 83.2 Å². The molecular weight excluding hydrogens is 551 g/mol. The van der Waals surface area contributed by atoms with E-state index in [-0.39, 0.29) is 56.5 Å². The van der Waals surface area contributed by atoms with Gasteiger partial charge in [0.25, 0.3) is 0 Å². The van der Waals surface area contributed by atoms with E-state index >= 15 is 4.39 Å². The summed E-state index contributed by atoms with van der Waals surface area (Å²) in [4.78, 5) is 40.0. The molecule has 1 unspecified atom stereocenters. The number of piperidine rings is 3. The van der Waals surface area contributed by atoms with Crippen LogP contribution < -0.4 is 5.32 Å². The second-order valence-corrected chi connectivity index (χ2v) is 13.1. The van der Waals surface area contributed by atoms with Crippen molar-refractivity contribution in [3.05, 3.63) is 29.2 Å². The molecule has 0 spiro atoms. The molecule has 0 bridgehead atoms. The van der Waals surface area contributed by atoms with Crippen LogP contribution in [0.2, 0.25) is 0 Å². The van der Waals surface area contributed by atoms with Gasteiger partial charge in [0, 0.05) is 43.9 Å². The number of rotatable bonds is 5. The van der Waals surface area contributed by atoms with Crippen molar-refractivity contribution < 1.29 is 32.3 Å². The normalized spacial score (nSPS) is 22.6. The second kappa shape index (κ2) is 11.5. The summed E-state index contributed by atoms with van der Waals surface area (Å²) in [6.07, 6.45) is -0.786. The fraction of sp³-hybridized carbons (Fsp3) is 0.667. The quantitative estimate of drug-likeness (QED) is 0.507. The number of alkyl halides is 2. The van der Waals surface area contributed by atoms with Gasteiger partial charge in [-0.3, -0.25) is 19.6 Å². The Kier molecular flexibility index (Phi) is 8.30. The number of carbonyl (C=O) groups is 3. The van der Waals surface area contributed by atoms with Crippen molar-refractivity contribution in [2.24, 2.45) is 12.5 Å². The van der Waals surface area contributed by atoms with Gasteiger partial charge in [-0.25, -0.2) is 18.0 Å². The van der Waals surface area contributed by atoms with Crippen LogP contribution in [0.15, 0.2) is 12.1 Å². The van der Waals surface area contributed by atoms with Gasteiger partial charge >= 0.3 is 6.09 Å². The van der Waals surface area contributed by atoms with Gasteiger partial charge in [-0.05, 0) is 77.4 Å². The minimum Gasteiger partial charge on any atom is -0.444 e. The number of nitrogens with one attached hydrogen (secondary N) is 1. The van der Waals surface area contributed by atoms with Crippen LogP contribution in [0.5, 0.6) is 0 Å². The van der Waals surface area contributed by atoms with Gasteiger partial charge in [0.2, 0.25) is 18.2 Å². The van der Waals surface area contributed by atoms with Crippen molar-refractivity contribution in [3.63, 3.8) is 0 Å². The van der Waals surface area contributed by atoms with Crippen molar-refractivity contribution in [2.75, 3.05) is 32.7 Å². The van der Waals surface area contributed by atoms with Crippen LogP contribution in [0.4, 0.5) is 18.0 Å².